The fourth-order valence-electron chi connectivity index (χ4n) is 3.41. The van der Waals surface area contributed by atoms with Gasteiger partial charge in [0, 0.05) is 17.1 Å². The highest BCUT2D eigenvalue weighted by Crippen LogP contribution is 2.33. The number of thiazole rings is 1. The van der Waals surface area contributed by atoms with E-state index in [1.807, 2.05) is 30.3 Å². The summed E-state index contributed by atoms with van der Waals surface area (Å²) in [5, 5.41) is 13.9. The number of benzene rings is 2. The number of nitriles is 1. The zero-order valence-electron chi connectivity index (χ0n) is 14.3. The normalized spacial score (nSPS) is 11.1. The van der Waals surface area contributed by atoms with Gasteiger partial charge in [0.25, 0.3) is 0 Å². The van der Waals surface area contributed by atoms with Crippen molar-refractivity contribution in [2.75, 3.05) is 0 Å². The molecule has 0 fully saturated rings. The van der Waals surface area contributed by atoms with Crippen molar-refractivity contribution >= 4 is 27.1 Å². The van der Waals surface area contributed by atoms with E-state index in [1.165, 1.54) is 10.8 Å². The number of fused-ring (bicyclic) bond motifs is 2. The Morgan fingerprint density at radius 3 is 2.67 bits per heavy atom. The SMILES string of the molecule is N#CCc1c(-c2ccccn2)nc2scc(-c3ccc4ccccc4c3)n12. The Hall–Kier alpha value is -3.49. The van der Waals surface area contributed by atoms with Crippen molar-refractivity contribution in [1.82, 2.24) is 14.4 Å². The lowest BCUT2D eigenvalue weighted by molar-refractivity contribution is 1.08. The van der Waals surface area contributed by atoms with Gasteiger partial charge in [-0.2, -0.15) is 5.26 Å². The lowest BCUT2D eigenvalue weighted by Crippen LogP contribution is -1.96. The minimum atomic E-state index is 0.282. The third kappa shape index (κ3) is 2.59. The van der Waals surface area contributed by atoms with E-state index in [0.717, 1.165) is 33.3 Å². The molecule has 0 unspecified atom stereocenters. The maximum absolute atomic E-state index is 9.40. The zero-order valence-corrected chi connectivity index (χ0v) is 15.1. The molecular weight excluding hydrogens is 352 g/mol. The van der Waals surface area contributed by atoms with E-state index in [-0.39, 0.29) is 6.42 Å². The molecule has 5 rings (SSSR count). The maximum Gasteiger partial charge on any atom is 0.195 e. The van der Waals surface area contributed by atoms with Crippen LogP contribution in [0.15, 0.2) is 72.2 Å². The number of pyridine rings is 1. The number of hydrogen-bond acceptors (Lipinski definition) is 4. The Morgan fingerprint density at radius 1 is 1.00 bits per heavy atom. The topological polar surface area (TPSA) is 54.0 Å². The van der Waals surface area contributed by atoms with Gasteiger partial charge in [-0.15, -0.1) is 11.3 Å². The van der Waals surface area contributed by atoms with Crippen molar-refractivity contribution in [1.29, 1.82) is 5.26 Å². The third-order valence-corrected chi connectivity index (χ3v) is 5.48. The van der Waals surface area contributed by atoms with Crippen molar-refractivity contribution < 1.29 is 0 Å². The van der Waals surface area contributed by atoms with E-state index in [0.29, 0.717) is 0 Å². The standard InChI is InChI=1S/C22H14N4S/c23-11-10-19-21(18-7-3-4-12-24-18)25-22-26(19)20(14-27-22)17-9-8-15-5-1-2-6-16(15)13-17/h1-9,12-14H,10H2. The highest BCUT2D eigenvalue weighted by Gasteiger charge is 2.19. The van der Waals surface area contributed by atoms with Gasteiger partial charge in [-0.05, 0) is 29.0 Å². The van der Waals surface area contributed by atoms with E-state index in [4.69, 9.17) is 4.98 Å². The molecule has 0 aliphatic rings. The molecule has 3 heterocycles. The van der Waals surface area contributed by atoms with Crippen molar-refractivity contribution in [3.63, 3.8) is 0 Å². The first kappa shape index (κ1) is 15.7. The molecule has 0 amide bonds. The van der Waals surface area contributed by atoms with Gasteiger partial charge in [0.2, 0.25) is 0 Å². The zero-order chi connectivity index (χ0) is 18.2. The first-order chi connectivity index (χ1) is 13.3. The van der Waals surface area contributed by atoms with Gasteiger partial charge in [-0.25, -0.2) is 4.98 Å². The summed E-state index contributed by atoms with van der Waals surface area (Å²) in [6.45, 7) is 0. The molecule has 27 heavy (non-hydrogen) atoms. The molecule has 0 saturated heterocycles. The van der Waals surface area contributed by atoms with Crippen LogP contribution < -0.4 is 0 Å². The number of aromatic nitrogens is 3. The summed E-state index contributed by atoms with van der Waals surface area (Å²) >= 11 is 1.58. The molecule has 0 aliphatic heterocycles. The van der Waals surface area contributed by atoms with Crippen LogP contribution in [0.2, 0.25) is 0 Å². The van der Waals surface area contributed by atoms with E-state index >= 15 is 0 Å². The molecule has 2 aromatic carbocycles. The number of hydrogen-bond donors (Lipinski definition) is 0. The molecule has 0 radical (unpaired) electrons. The fourth-order valence-corrected chi connectivity index (χ4v) is 4.33. The van der Waals surface area contributed by atoms with Gasteiger partial charge in [-0.1, -0.05) is 42.5 Å². The quantitative estimate of drug-likeness (QED) is 0.433. The lowest BCUT2D eigenvalue weighted by atomic mass is 10.1. The Kier molecular flexibility index (Phi) is 3.70. The third-order valence-electron chi connectivity index (χ3n) is 4.66. The van der Waals surface area contributed by atoms with E-state index in [1.54, 1.807) is 17.5 Å². The van der Waals surface area contributed by atoms with Crippen LogP contribution in [-0.2, 0) is 6.42 Å². The van der Waals surface area contributed by atoms with Crippen LogP contribution in [0.4, 0.5) is 0 Å². The van der Waals surface area contributed by atoms with Gasteiger partial charge < -0.3 is 0 Å². The summed E-state index contributed by atoms with van der Waals surface area (Å²) in [6.07, 6.45) is 2.04. The minimum absolute atomic E-state index is 0.282. The molecule has 0 saturated carbocycles. The summed E-state index contributed by atoms with van der Waals surface area (Å²) in [5.41, 5.74) is 4.63. The predicted molar refractivity (Wildman–Crippen MR) is 109 cm³/mol. The average molecular weight is 366 g/mol. The Bertz CT molecular complexity index is 1310. The van der Waals surface area contributed by atoms with Crippen LogP contribution >= 0.6 is 11.3 Å². The van der Waals surface area contributed by atoms with Crippen molar-refractivity contribution in [2.24, 2.45) is 0 Å². The highest BCUT2D eigenvalue weighted by molar-refractivity contribution is 7.15. The van der Waals surface area contributed by atoms with Crippen molar-refractivity contribution in [3.05, 3.63) is 77.9 Å². The molecule has 5 heteroatoms. The van der Waals surface area contributed by atoms with Crippen molar-refractivity contribution in [2.45, 2.75) is 6.42 Å². The molecule has 0 spiro atoms. The summed E-state index contributed by atoms with van der Waals surface area (Å²) in [7, 11) is 0. The Balaban J connectivity index is 1.75. The van der Waals surface area contributed by atoms with Crippen LogP contribution in [0.25, 0.3) is 38.4 Å². The largest absolute Gasteiger partial charge is 0.285 e. The summed E-state index contributed by atoms with van der Waals surface area (Å²) in [4.78, 5) is 10.1. The van der Waals surface area contributed by atoms with Crippen LogP contribution in [0, 0.1) is 11.3 Å². The van der Waals surface area contributed by atoms with Crippen LogP contribution in [0.5, 0.6) is 0 Å². The Labute approximate surface area is 160 Å². The summed E-state index contributed by atoms with van der Waals surface area (Å²) in [6, 6.07) is 22.8. The van der Waals surface area contributed by atoms with E-state index in [2.05, 4.69) is 51.2 Å². The molecule has 0 bridgehead atoms. The second-order valence-electron chi connectivity index (χ2n) is 6.26. The number of nitrogens with zero attached hydrogens (tertiary/aromatic N) is 4. The summed E-state index contributed by atoms with van der Waals surface area (Å²) < 4.78 is 2.10. The first-order valence-electron chi connectivity index (χ1n) is 8.61. The summed E-state index contributed by atoms with van der Waals surface area (Å²) in [5.74, 6) is 0. The average Bonchev–Trinajstić information content (AvgIpc) is 3.29. The van der Waals surface area contributed by atoms with Crippen molar-refractivity contribution in [3.8, 4) is 28.7 Å². The van der Waals surface area contributed by atoms with E-state index < -0.39 is 0 Å². The van der Waals surface area contributed by atoms with Gasteiger partial charge in [-0.3, -0.25) is 9.38 Å². The molecular formula is C22H14N4S. The van der Waals surface area contributed by atoms with E-state index in [9.17, 15) is 5.26 Å². The van der Waals surface area contributed by atoms with Gasteiger partial charge in [0.05, 0.1) is 29.6 Å². The molecule has 0 atom stereocenters. The Morgan fingerprint density at radius 2 is 1.85 bits per heavy atom. The molecule has 128 valence electrons. The first-order valence-corrected chi connectivity index (χ1v) is 9.49. The van der Waals surface area contributed by atoms with Gasteiger partial charge >= 0.3 is 0 Å². The van der Waals surface area contributed by atoms with Crippen LogP contribution in [-0.4, -0.2) is 14.4 Å². The molecule has 4 nitrogen and oxygen atoms in total. The number of rotatable bonds is 3. The fraction of sp³-hybridized carbons (Fsp3) is 0.0455. The molecule has 0 aliphatic carbocycles. The molecule has 0 N–H and O–H groups in total. The van der Waals surface area contributed by atoms with Crippen LogP contribution in [0.1, 0.15) is 5.69 Å². The monoisotopic (exact) mass is 366 g/mol. The predicted octanol–water partition coefficient (Wildman–Crippen LogP) is 5.34. The molecule has 5 aromatic rings. The minimum Gasteiger partial charge on any atom is -0.285 e. The van der Waals surface area contributed by atoms with Gasteiger partial charge in [0.15, 0.2) is 4.96 Å². The smallest absolute Gasteiger partial charge is 0.195 e. The lowest BCUT2D eigenvalue weighted by Gasteiger charge is -2.06. The second kappa shape index (κ2) is 6.35. The van der Waals surface area contributed by atoms with Crippen LogP contribution in [0.3, 0.4) is 0 Å². The molecule has 3 aromatic heterocycles. The maximum atomic E-state index is 9.40. The van der Waals surface area contributed by atoms with Gasteiger partial charge in [0.1, 0.15) is 5.69 Å². The number of imidazole rings is 1. The second-order valence-corrected chi connectivity index (χ2v) is 7.09. The highest BCUT2D eigenvalue weighted by atomic mass is 32.1.